The van der Waals surface area contributed by atoms with Crippen LogP contribution in [0.2, 0.25) is 0 Å². The van der Waals surface area contributed by atoms with Gasteiger partial charge in [-0.15, -0.1) is 0 Å². The van der Waals surface area contributed by atoms with Crippen LogP contribution in [0.3, 0.4) is 0 Å². The fourth-order valence-corrected chi connectivity index (χ4v) is 6.94. The van der Waals surface area contributed by atoms with Crippen molar-refractivity contribution in [3.05, 3.63) is 108 Å². The van der Waals surface area contributed by atoms with Gasteiger partial charge in [-0.05, 0) is 59.2 Å². The molecule has 2 atom stereocenters. The number of hydrazine groups is 1. The van der Waals surface area contributed by atoms with Crippen LogP contribution in [0.5, 0.6) is 5.75 Å². The van der Waals surface area contributed by atoms with Gasteiger partial charge < -0.3 is 4.74 Å². The third kappa shape index (κ3) is 5.84. The molecule has 0 spiro atoms. The van der Waals surface area contributed by atoms with E-state index in [9.17, 15) is 18.0 Å². The monoisotopic (exact) mass is 575 g/mol. The molecule has 1 saturated heterocycles. The van der Waals surface area contributed by atoms with Crippen LogP contribution in [0.1, 0.15) is 22.3 Å². The molecule has 0 saturated carbocycles. The average molecular weight is 576 g/mol. The Morgan fingerprint density at radius 1 is 0.950 bits per heavy atom. The van der Waals surface area contributed by atoms with Crippen molar-refractivity contribution in [1.82, 2.24) is 14.7 Å². The van der Waals surface area contributed by atoms with E-state index in [0.29, 0.717) is 11.3 Å². The first-order chi connectivity index (χ1) is 19.3. The van der Waals surface area contributed by atoms with E-state index in [1.54, 1.807) is 42.5 Å². The Bertz CT molecular complexity index is 1630. The second-order valence-electron chi connectivity index (χ2n) is 9.57. The van der Waals surface area contributed by atoms with Crippen molar-refractivity contribution in [2.24, 2.45) is 0 Å². The molecule has 1 aliphatic rings. The molecule has 1 N–H and O–H groups in total. The van der Waals surface area contributed by atoms with Crippen LogP contribution in [0.15, 0.2) is 102 Å². The zero-order valence-corrected chi connectivity index (χ0v) is 23.5. The van der Waals surface area contributed by atoms with Gasteiger partial charge in [0.05, 0.1) is 18.6 Å². The molecular formula is C30H29N3O5S2. The number of nitrogens with zero attached hydrogens (tertiary/aromatic N) is 2. The minimum atomic E-state index is -4.03. The molecule has 206 valence electrons. The van der Waals surface area contributed by atoms with Gasteiger partial charge in [-0.25, -0.2) is 13.4 Å². The fraction of sp³-hybridized carbons (Fsp3) is 0.200. The zero-order valence-electron chi connectivity index (χ0n) is 21.8. The number of benzene rings is 4. The maximum atomic E-state index is 13.8. The Morgan fingerprint density at radius 2 is 1.62 bits per heavy atom. The summed E-state index contributed by atoms with van der Waals surface area (Å²) in [4.78, 5) is 27.3. The summed E-state index contributed by atoms with van der Waals surface area (Å²) in [6.45, 7) is 0.160. The second-order valence-corrected chi connectivity index (χ2v) is 12.2. The Kier molecular flexibility index (Phi) is 8.11. The van der Waals surface area contributed by atoms with Gasteiger partial charge in [-0.3, -0.25) is 15.0 Å². The van der Waals surface area contributed by atoms with Crippen LogP contribution in [-0.2, 0) is 21.4 Å². The minimum Gasteiger partial charge on any atom is -0.497 e. The second kappa shape index (κ2) is 11.7. The lowest BCUT2D eigenvalue weighted by Crippen LogP contribution is -2.53. The van der Waals surface area contributed by atoms with Crippen molar-refractivity contribution in [3.63, 3.8) is 0 Å². The number of rotatable bonds is 7. The molecule has 0 unspecified atom stereocenters. The molecular weight excluding hydrogens is 546 g/mol. The van der Waals surface area contributed by atoms with Gasteiger partial charge >= 0.3 is 0 Å². The Balaban J connectivity index is 1.42. The predicted molar refractivity (Wildman–Crippen MR) is 156 cm³/mol. The standard InChI is InChI=1S/C30H29N3O5S2/c1-38-25-14-11-23(12-15-25)30(35)32(19-21-7-3-2-4-8-21)31-29(34)28-18-26(39)20-33(28)40(36,37)27-16-13-22-9-5-6-10-24(22)17-27/h2-17,26,28,39H,18-20H2,1H3,(H,31,34)/t26-,28+/m1/s1. The SMILES string of the molecule is COc1ccc(C(=O)N(Cc2ccccc2)NC(=O)[C@@H]2C[C@@H](S)CN2S(=O)(=O)c2ccc3ccccc3c2)cc1. The van der Waals surface area contributed by atoms with Crippen molar-refractivity contribution in [3.8, 4) is 5.75 Å². The van der Waals surface area contributed by atoms with E-state index in [1.165, 1.54) is 16.4 Å². The number of methoxy groups -OCH3 is 1. The maximum absolute atomic E-state index is 13.8. The van der Waals surface area contributed by atoms with Crippen LogP contribution in [0, 0.1) is 0 Å². The first-order valence-corrected chi connectivity index (χ1v) is 14.7. The minimum absolute atomic E-state index is 0.0709. The van der Waals surface area contributed by atoms with Crippen molar-refractivity contribution < 1.29 is 22.7 Å². The molecule has 0 aliphatic carbocycles. The van der Waals surface area contributed by atoms with Crippen molar-refractivity contribution in [1.29, 1.82) is 0 Å². The molecule has 8 nitrogen and oxygen atoms in total. The molecule has 0 aromatic heterocycles. The lowest BCUT2D eigenvalue weighted by atomic mass is 10.1. The highest BCUT2D eigenvalue weighted by Gasteiger charge is 2.43. The maximum Gasteiger partial charge on any atom is 0.272 e. The highest BCUT2D eigenvalue weighted by molar-refractivity contribution is 7.89. The summed E-state index contributed by atoms with van der Waals surface area (Å²) >= 11 is 4.52. The first-order valence-electron chi connectivity index (χ1n) is 12.8. The average Bonchev–Trinajstić information content (AvgIpc) is 3.39. The summed E-state index contributed by atoms with van der Waals surface area (Å²) in [5.41, 5.74) is 3.85. The molecule has 4 aromatic rings. The number of ether oxygens (including phenoxy) is 1. The molecule has 0 bridgehead atoms. The van der Waals surface area contributed by atoms with Gasteiger partial charge in [0.25, 0.3) is 11.8 Å². The van der Waals surface area contributed by atoms with Gasteiger partial charge in [0, 0.05) is 17.4 Å². The van der Waals surface area contributed by atoms with E-state index in [-0.39, 0.29) is 29.7 Å². The number of nitrogens with one attached hydrogen (secondary N) is 1. The smallest absolute Gasteiger partial charge is 0.272 e. The summed E-state index contributed by atoms with van der Waals surface area (Å²) in [5, 5.41) is 2.57. The van der Waals surface area contributed by atoms with Crippen molar-refractivity contribution >= 4 is 45.2 Å². The molecule has 0 radical (unpaired) electrons. The number of carbonyl (C=O) groups is 2. The van der Waals surface area contributed by atoms with E-state index in [2.05, 4.69) is 18.1 Å². The topological polar surface area (TPSA) is 96.0 Å². The van der Waals surface area contributed by atoms with Gasteiger partial charge in [0.2, 0.25) is 10.0 Å². The molecule has 40 heavy (non-hydrogen) atoms. The largest absolute Gasteiger partial charge is 0.497 e. The van der Waals surface area contributed by atoms with E-state index in [1.807, 2.05) is 54.6 Å². The quantitative estimate of drug-likeness (QED) is 0.253. The van der Waals surface area contributed by atoms with E-state index in [0.717, 1.165) is 16.3 Å². The van der Waals surface area contributed by atoms with Crippen LogP contribution >= 0.6 is 12.6 Å². The molecule has 1 aliphatic heterocycles. The summed E-state index contributed by atoms with van der Waals surface area (Å²) < 4.78 is 33.9. The molecule has 1 fully saturated rings. The molecule has 2 amide bonds. The number of amides is 2. The molecule has 4 aromatic carbocycles. The lowest BCUT2D eigenvalue weighted by Gasteiger charge is -2.28. The fourth-order valence-electron chi connectivity index (χ4n) is 4.78. The van der Waals surface area contributed by atoms with Crippen LogP contribution < -0.4 is 10.2 Å². The zero-order chi connectivity index (χ0) is 28.3. The number of hydrogen-bond donors (Lipinski definition) is 2. The summed E-state index contributed by atoms with van der Waals surface area (Å²) in [5.74, 6) is -0.446. The van der Waals surface area contributed by atoms with Crippen LogP contribution in [-0.4, -0.2) is 54.5 Å². The summed E-state index contributed by atoms with van der Waals surface area (Å²) in [6.07, 6.45) is 0.206. The third-order valence-electron chi connectivity index (χ3n) is 6.87. The lowest BCUT2D eigenvalue weighted by molar-refractivity contribution is -0.128. The third-order valence-corrected chi connectivity index (χ3v) is 9.12. The number of sulfonamides is 1. The number of fused-ring (bicyclic) bond motifs is 1. The molecule has 10 heteroatoms. The van der Waals surface area contributed by atoms with E-state index < -0.39 is 27.9 Å². The van der Waals surface area contributed by atoms with Crippen molar-refractivity contribution in [2.45, 2.75) is 29.2 Å². The van der Waals surface area contributed by atoms with E-state index >= 15 is 0 Å². The number of thiol groups is 1. The number of carbonyl (C=O) groups excluding carboxylic acids is 2. The Labute approximate surface area is 239 Å². The highest BCUT2D eigenvalue weighted by Crippen LogP contribution is 2.30. The first kappa shape index (κ1) is 27.7. The van der Waals surface area contributed by atoms with Crippen molar-refractivity contribution in [2.75, 3.05) is 13.7 Å². The van der Waals surface area contributed by atoms with Crippen LogP contribution in [0.25, 0.3) is 10.8 Å². The summed E-state index contributed by atoms with van der Waals surface area (Å²) in [6, 6.07) is 27.1. The molecule has 5 rings (SSSR count). The van der Waals surface area contributed by atoms with Crippen LogP contribution in [0.4, 0.5) is 0 Å². The summed E-state index contributed by atoms with van der Waals surface area (Å²) in [7, 11) is -2.49. The predicted octanol–water partition coefficient (Wildman–Crippen LogP) is 4.28. The van der Waals surface area contributed by atoms with Gasteiger partial charge in [0.1, 0.15) is 11.8 Å². The van der Waals surface area contributed by atoms with Gasteiger partial charge in [-0.1, -0.05) is 60.7 Å². The Morgan fingerprint density at radius 3 is 2.33 bits per heavy atom. The van der Waals surface area contributed by atoms with Gasteiger partial charge in [-0.2, -0.15) is 16.9 Å². The number of hydrogen-bond acceptors (Lipinski definition) is 6. The molecule has 1 heterocycles. The van der Waals surface area contributed by atoms with Gasteiger partial charge in [0.15, 0.2) is 0 Å². The normalized spacial score (nSPS) is 17.4. The highest BCUT2D eigenvalue weighted by atomic mass is 32.2. The van der Waals surface area contributed by atoms with E-state index in [4.69, 9.17) is 4.74 Å². The Hall–Kier alpha value is -3.86.